The van der Waals surface area contributed by atoms with E-state index in [2.05, 4.69) is 14.4 Å². The maximum atomic E-state index is 12.4. The Balaban J connectivity index is 2.24. The molecule has 24 heavy (non-hydrogen) atoms. The van der Waals surface area contributed by atoms with Crippen LogP contribution < -0.4 is 4.72 Å². The molecule has 0 aliphatic carbocycles. The predicted molar refractivity (Wildman–Crippen MR) is 90.1 cm³/mol. The van der Waals surface area contributed by atoms with Crippen LogP contribution >= 0.6 is 22.9 Å². The van der Waals surface area contributed by atoms with E-state index in [-0.39, 0.29) is 21.5 Å². The summed E-state index contributed by atoms with van der Waals surface area (Å²) >= 11 is 6.67. The number of anilines is 1. The van der Waals surface area contributed by atoms with E-state index in [1.807, 2.05) is 0 Å². The van der Waals surface area contributed by atoms with Crippen molar-refractivity contribution in [2.24, 2.45) is 0 Å². The Labute approximate surface area is 147 Å². The van der Waals surface area contributed by atoms with Gasteiger partial charge in [-0.3, -0.25) is 9.52 Å². The first-order chi connectivity index (χ1) is 11.3. The van der Waals surface area contributed by atoms with Crippen LogP contribution in [0.15, 0.2) is 29.3 Å². The van der Waals surface area contributed by atoms with Crippen LogP contribution in [-0.2, 0) is 19.6 Å². The molecule has 2 rings (SSSR count). The number of aromatic nitrogens is 1. The van der Waals surface area contributed by atoms with Crippen molar-refractivity contribution in [3.05, 3.63) is 39.9 Å². The number of hydrogen-bond acceptors (Lipinski definition) is 7. The molecule has 0 amide bonds. The van der Waals surface area contributed by atoms with E-state index in [1.165, 1.54) is 12.1 Å². The van der Waals surface area contributed by atoms with E-state index in [0.29, 0.717) is 10.6 Å². The molecule has 2 aromatic rings. The van der Waals surface area contributed by atoms with E-state index in [4.69, 9.17) is 11.6 Å². The van der Waals surface area contributed by atoms with Gasteiger partial charge >= 0.3 is 5.97 Å². The Morgan fingerprint density at radius 1 is 1.38 bits per heavy atom. The van der Waals surface area contributed by atoms with Crippen LogP contribution in [0.4, 0.5) is 5.13 Å². The first kappa shape index (κ1) is 18.4. The highest BCUT2D eigenvalue weighted by atomic mass is 35.5. The molecule has 0 saturated carbocycles. The Bertz CT molecular complexity index is 892. The second kappa shape index (κ2) is 7.29. The lowest BCUT2D eigenvalue weighted by Crippen LogP contribution is -2.16. The summed E-state index contributed by atoms with van der Waals surface area (Å²) in [5.74, 6) is -1.89. The third-order valence-electron chi connectivity index (χ3n) is 2.92. The van der Waals surface area contributed by atoms with E-state index >= 15 is 0 Å². The van der Waals surface area contributed by atoms with Gasteiger partial charge in [-0.1, -0.05) is 29.0 Å². The predicted octanol–water partition coefficient (Wildman–Crippen LogP) is 2.65. The zero-order chi connectivity index (χ0) is 17.9. The van der Waals surface area contributed by atoms with Crippen LogP contribution in [0.1, 0.15) is 22.2 Å². The van der Waals surface area contributed by atoms with Gasteiger partial charge in [-0.15, -0.1) is 0 Å². The highest BCUT2D eigenvalue weighted by Gasteiger charge is 2.23. The molecule has 0 atom stereocenters. The van der Waals surface area contributed by atoms with Gasteiger partial charge in [0.25, 0.3) is 15.8 Å². The van der Waals surface area contributed by atoms with E-state index in [1.54, 1.807) is 19.9 Å². The Hall–Kier alpha value is -1.97. The van der Waals surface area contributed by atoms with Crippen molar-refractivity contribution in [1.82, 2.24) is 4.98 Å². The van der Waals surface area contributed by atoms with Crippen LogP contribution in [0.5, 0.6) is 0 Å². The van der Waals surface area contributed by atoms with E-state index < -0.39 is 21.8 Å². The molecule has 1 aromatic heterocycles. The summed E-state index contributed by atoms with van der Waals surface area (Å²) < 4.78 is 31.7. The van der Waals surface area contributed by atoms with Crippen LogP contribution in [0.3, 0.4) is 0 Å². The SMILES string of the molecule is CCOC(=O)C(=O)c1cnc(NS(=O)(=O)c2cccc(Cl)c2C)s1. The molecule has 0 bridgehead atoms. The van der Waals surface area contributed by atoms with Crippen molar-refractivity contribution in [3.8, 4) is 0 Å². The van der Waals surface area contributed by atoms with Crippen molar-refractivity contribution in [1.29, 1.82) is 0 Å². The number of benzene rings is 1. The van der Waals surface area contributed by atoms with Gasteiger partial charge in [0.2, 0.25) is 0 Å². The maximum Gasteiger partial charge on any atom is 0.380 e. The lowest BCUT2D eigenvalue weighted by molar-refractivity contribution is -0.137. The molecular weight excluding hydrogens is 376 g/mol. The number of sulfonamides is 1. The third kappa shape index (κ3) is 3.92. The number of ketones is 1. The fraction of sp³-hybridized carbons (Fsp3) is 0.214. The summed E-state index contributed by atoms with van der Waals surface area (Å²) in [7, 11) is -3.92. The van der Waals surface area contributed by atoms with E-state index in [0.717, 1.165) is 17.5 Å². The van der Waals surface area contributed by atoms with Gasteiger partial charge in [-0.05, 0) is 31.5 Å². The number of carbonyl (C=O) groups excluding carboxylic acids is 2. The van der Waals surface area contributed by atoms with Crippen molar-refractivity contribution in [3.63, 3.8) is 0 Å². The largest absolute Gasteiger partial charge is 0.460 e. The number of esters is 1. The number of nitrogens with one attached hydrogen (secondary N) is 1. The number of halogens is 1. The van der Waals surface area contributed by atoms with Gasteiger partial charge in [0.15, 0.2) is 5.13 Å². The zero-order valence-electron chi connectivity index (χ0n) is 12.7. The summed E-state index contributed by atoms with van der Waals surface area (Å²) in [6.45, 7) is 3.22. The number of Topliss-reactive ketones (excluding diaryl/α,β-unsaturated/α-hetero) is 1. The average molecular weight is 389 g/mol. The smallest absolute Gasteiger partial charge is 0.380 e. The molecule has 0 spiro atoms. The fourth-order valence-corrected chi connectivity index (χ4v) is 4.26. The fourth-order valence-electron chi connectivity index (χ4n) is 1.77. The molecule has 0 aliphatic heterocycles. The average Bonchev–Trinajstić information content (AvgIpc) is 2.97. The minimum atomic E-state index is -3.92. The number of thiazole rings is 1. The van der Waals surface area contributed by atoms with Crippen molar-refractivity contribution < 1.29 is 22.7 Å². The Morgan fingerprint density at radius 2 is 2.08 bits per heavy atom. The molecular formula is C14H13ClN2O5S2. The minimum Gasteiger partial charge on any atom is -0.460 e. The normalized spacial score (nSPS) is 11.1. The summed E-state index contributed by atoms with van der Waals surface area (Å²) in [5, 5.41) is 0.275. The van der Waals surface area contributed by atoms with Crippen LogP contribution in [0.25, 0.3) is 0 Å². The molecule has 1 N–H and O–H groups in total. The molecule has 0 aliphatic rings. The lowest BCUT2D eigenvalue weighted by Gasteiger charge is -2.09. The second-order valence-corrected chi connectivity index (χ2v) is 7.64. The van der Waals surface area contributed by atoms with Crippen molar-refractivity contribution in [2.45, 2.75) is 18.7 Å². The summed E-state index contributed by atoms with van der Waals surface area (Å²) in [5.41, 5.74) is 0.394. The third-order valence-corrected chi connectivity index (χ3v) is 5.85. The second-order valence-electron chi connectivity index (χ2n) is 4.55. The lowest BCUT2D eigenvalue weighted by atomic mass is 10.2. The minimum absolute atomic E-state index is 0.00321. The van der Waals surface area contributed by atoms with Crippen molar-refractivity contribution in [2.75, 3.05) is 11.3 Å². The van der Waals surface area contributed by atoms with Gasteiger partial charge in [0.1, 0.15) is 4.88 Å². The zero-order valence-corrected chi connectivity index (χ0v) is 15.1. The number of carbonyl (C=O) groups is 2. The Kier molecular flexibility index (Phi) is 5.58. The van der Waals surface area contributed by atoms with Gasteiger partial charge in [0.05, 0.1) is 17.7 Å². The number of rotatable bonds is 6. The molecule has 0 radical (unpaired) electrons. The highest BCUT2D eigenvalue weighted by Crippen LogP contribution is 2.26. The molecule has 1 aromatic carbocycles. The molecule has 10 heteroatoms. The van der Waals surface area contributed by atoms with E-state index in [9.17, 15) is 18.0 Å². The van der Waals surface area contributed by atoms with Crippen LogP contribution in [-0.4, -0.2) is 31.8 Å². The van der Waals surface area contributed by atoms with Gasteiger partial charge in [-0.2, -0.15) is 0 Å². The molecule has 0 unspecified atom stereocenters. The monoisotopic (exact) mass is 388 g/mol. The molecule has 0 fully saturated rings. The summed E-state index contributed by atoms with van der Waals surface area (Å²) in [6, 6.07) is 4.50. The molecule has 7 nitrogen and oxygen atoms in total. The van der Waals surface area contributed by atoms with Crippen LogP contribution in [0, 0.1) is 6.92 Å². The summed E-state index contributed by atoms with van der Waals surface area (Å²) in [6.07, 6.45) is 1.12. The number of nitrogens with zero attached hydrogens (tertiary/aromatic N) is 1. The topological polar surface area (TPSA) is 102 Å². The van der Waals surface area contributed by atoms with Crippen molar-refractivity contribution >= 4 is 49.8 Å². The van der Waals surface area contributed by atoms with Gasteiger partial charge in [-0.25, -0.2) is 18.2 Å². The highest BCUT2D eigenvalue weighted by molar-refractivity contribution is 7.93. The van der Waals surface area contributed by atoms with Crippen LogP contribution in [0.2, 0.25) is 5.02 Å². The Morgan fingerprint density at radius 3 is 2.75 bits per heavy atom. The standard InChI is InChI=1S/C14H13ClN2O5S2/c1-3-22-13(19)12(18)10-7-16-14(23-10)17-24(20,21)11-6-4-5-9(15)8(11)2/h4-7H,3H2,1-2H3,(H,16,17). The molecule has 1 heterocycles. The van der Waals surface area contributed by atoms with Gasteiger partial charge < -0.3 is 4.74 Å². The molecule has 0 saturated heterocycles. The molecule has 128 valence electrons. The first-order valence-electron chi connectivity index (χ1n) is 6.71. The first-order valence-corrected chi connectivity index (χ1v) is 9.39. The quantitative estimate of drug-likeness (QED) is 0.463. The summed E-state index contributed by atoms with van der Waals surface area (Å²) in [4.78, 5) is 27.0. The van der Waals surface area contributed by atoms with Gasteiger partial charge in [0, 0.05) is 5.02 Å². The number of hydrogen-bond donors (Lipinski definition) is 1. The maximum absolute atomic E-state index is 12.4. The number of ether oxygens (including phenoxy) is 1.